The molecule has 0 aliphatic rings. The first-order valence-corrected chi connectivity index (χ1v) is 4.43. The van der Waals surface area contributed by atoms with Crippen molar-refractivity contribution in [2.75, 3.05) is 5.73 Å². The predicted molar refractivity (Wildman–Crippen MR) is 55.1 cm³/mol. The molecule has 2 rings (SSSR count). The highest BCUT2D eigenvalue weighted by molar-refractivity contribution is 6.03. The lowest BCUT2D eigenvalue weighted by Crippen LogP contribution is -2.04. The monoisotopic (exact) mass is 207 g/mol. The van der Waals surface area contributed by atoms with Gasteiger partial charge in [0, 0.05) is 12.7 Å². The zero-order valence-corrected chi connectivity index (χ0v) is 8.41. The first kappa shape index (κ1) is 9.64. The molecule has 0 amide bonds. The van der Waals surface area contributed by atoms with Crippen molar-refractivity contribution in [2.45, 2.75) is 6.92 Å². The number of hydrogen-bond acceptors (Lipinski definition) is 3. The van der Waals surface area contributed by atoms with Gasteiger partial charge in [-0.3, -0.25) is 9.48 Å². The molecular formula is C10H10FN3O. The number of nitrogens with two attached hydrogens (primary N) is 1. The summed E-state index contributed by atoms with van der Waals surface area (Å²) in [5.41, 5.74) is 6.28. The quantitative estimate of drug-likeness (QED) is 0.569. The SMILES string of the molecule is CC(=O)c1c(N)cc2c(cnn2C)c1F. The maximum absolute atomic E-state index is 13.8. The van der Waals surface area contributed by atoms with Gasteiger partial charge in [-0.25, -0.2) is 4.39 Å². The van der Waals surface area contributed by atoms with E-state index in [0.717, 1.165) is 0 Å². The van der Waals surface area contributed by atoms with Gasteiger partial charge in [0.2, 0.25) is 0 Å². The third kappa shape index (κ3) is 1.27. The van der Waals surface area contributed by atoms with Gasteiger partial charge in [-0.1, -0.05) is 0 Å². The molecule has 2 aromatic rings. The molecule has 0 unspecified atom stereocenters. The van der Waals surface area contributed by atoms with E-state index in [-0.39, 0.29) is 17.0 Å². The number of Topliss-reactive ketones (excluding diaryl/α,β-unsaturated/α-hetero) is 1. The van der Waals surface area contributed by atoms with Crippen LogP contribution >= 0.6 is 0 Å². The number of ketones is 1. The van der Waals surface area contributed by atoms with Gasteiger partial charge in [0.05, 0.1) is 22.7 Å². The summed E-state index contributed by atoms with van der Waals surface area (Å²) in [6.07, 6.45) is 1.39. The van der Waals surface area contributed by atoms with Crippen LogP contribution < -0.4 is 5.73 Å². The average molecular weight is 207 g/mol. The van der Waals surface area contributed by atoms with Gasteiger partial charge in [0.25, 0.3) is 0 Å². The van der Waals surface area contributed by atoms with Crippen molar-refractivity contribution in [1.29, 1.82) is 0 Å². The van der Waals surface area contributed by atoms with Crippen molar-refractivity contribution >= 4 is 22.4 Å². The number of carbonyl (C=O) groups excluding carboxylic acids is 1. The number of fused-ring (bicyclic) bond motifs is 1. The molecule has 1 aromatic carbocycles. The summed E-state index contributed by atoms with van der Waals surface area (Å²) in [7, 11) is 1.69. The Bertz CT molecular complexity index is 559. The van der Waals surface area contributed by atoms with Crippen LogP contribution in [0.2, 0.25) is 0 Å². The van der Waals surface area contributed by atoms with Crippen LogP contribution in [0.1, 0.15) is 17.3 Å². The number of nitrogen functional groups attached to an aromatic ring is 1. The van der Waals surface area contributed by atoms with Crippen LogP contribution in [-0.4, -0.2) is 15.6 Å². The summed E-state index contributed by atoms with van der Waals surface area (Å²) in [4.78, 5) is 11.2. The van der Waals surface area contributed by atoms with Gasteiger partial charge in [-0.2, -0.15) is 5.10 Å². The fraction of sp³-hybridized carbons (Fsp3) is 0.200. The van der Waals surface area contributed by atoms with Gasteiger partial charge in [-0.05, 0) is 13.0 Å². The van der Waals surface area contributed by atoms with Crippen molar-refractivity contribution in [3.63, 3.8) is 0 Å². The Balaban J connectivity index is 2.91. The standard InChI is InChI=1S/C10H10FN3O/c1-5(15)9-7(12)3-8-6(10(9)11)4-13-14(8)2/h3-4H,12H2,1-2H3. The smallest absolute Gasteiger partial charge is 0.164 e. The highest BCUT2D eigenvalue weighted by Crippen LogP contribution is 2.26. The van der Waals surface area contributed by atoms with Crippen LogP contribution in [0.25, 0.3) is 10.9 Å². The second-order valence-corrected chi connectivity index (χ2v) is 3.41. The van der Waals surface area contributed by atoms with E-state index in [1.54, 1.807) is 13.1 Å². The molecule has 2 N–H and O–H groups in total. The van der Waals surface area contributed by atoms with Crippen molar-refractivity contribution in [3.05, 3.63) is 23.6 Å². The number of hydrogen-bond donors (Lipinski definition) is 1. The van der Waals surface area contributed by atoms with Crippen LogP contribution in [0, 0.1) is 5.82 Å². The van der Waals surface area contributed by atoms with Crippen LogP contribution in [0.4, 0.5) is 10.1 Å². The fourth-order valence-corrected chi connectivity index (χ4v) is 1.63. The molecule has 0 aliphatic carbocycles. The minimum absolute atomic E-state index is 0.0597. The van der Waals surface area contributed by atoms with E-state index >= 15 is 0 Å². The maximum atomic E-state index is 13.8. The summed E-state index contributed by atoms with van der Waals surface area (Å²) in [6.45, 7) is 1.29. The number of rotatable bonds is 1. The third-order valence-corrected chi connectivity index (χ3v) is 2.37. The van der Waals surface area contributed by atoms with Crippen molar-refractivity contribution in [1.82, 2.24) is 9.78 Å². The minimum Gasteiger partial charge on any atom is -0.398 e. The average Bonchev–Trinajstić information content (AvgIpc) is 2.47. The summed E-state index contributed by atoms with van der Waals surface area (Å²) < 4.78 is 15.4. The predicted octanol–water partition coefficient (Wildman–Crippen LogP) is 1.50. The van der Waals surface area contributed by atoms with Gasteiger partial charge < -0.3 is 5.73 Å². The molecule has 0 radical (unpaired) electrons. The van der Waals surface area contributed by atoms with Gasteiger partial charge >= 0.3 is 0 Å². The van der Waals surface area contributed by atoms with E-state index < -0.39 is 5.82 Å². The Labute approximate surface area is 85.5 Å². The molecule has 5 heteroatoms. The number of benzene rings is 1. The second kappa shape index (κ2) is 3.05. The highest BCUT2D eigenvalue weighted by atomic mass is 19.1. The van der Waals surface area contributed by atoms with Gasteiger partial charge in [0.1, 0.15) is 5.82 Å². The summed E-state index contributed by atoms with van der Waals surface area (Å²) in [6, 6.07) is 1.56. The number of halogens is 1. The van der Waals surface area contributed by atoms with E-state index in [9.17, 15) is 9.18 Å². The van der Waals surface area contributed by atoms with Crippen LogP contribution in [0.15, 0.2) is 12.3 Å². The molecule has 0 saturated carbocycles. The molecule has 1 aromatic heterocycles. The normalized spacial score (nSPS) is 10.9. The zero-order chi connectivity index (χ0) is 11.2. The lowest BCUT2D eigenvalue weighted by atomic mass is 10.1. The van der Waals surface area contributed by atoms with Crippen LogP contribution in [0.3, 0.4) is 0 Å². The number of aryl methyl sites for hydroxylation is 1. The Morgan fingerprint density at radius 2 is 2.27 bits per heavy atom. The third-order valence-electron chi connectivity index (χ3n) is 2.37. The van der Waals surface area contributed by atoms with E-state index in [1.807, 2.05) is 0 Å². The molecular weight excluding hydrogens is 197 g/mol. The van der Waals surface area contributed by atoms with Crippen molar-refractivity contribution < 1.29 is 9.18 Å². The van der Waals surface area contributed by atoms with Crippen molar-refractivity contribution in [3.8, 4) is 0 Å². The van der Waals surface area contributed by atoms with E-state index in [1.165, 1.54) is 17.8 Å². The number of carbonyl (C=O) groups is 1. The zero-order valence-electron chi connectivity index (χ0n) is 8.41. The minimum atomic E-state index is -0.592. The lowest BCUT2D eigenvalue weighted by Gasteiger charge is -2.05. The largest absolute Gasteiger partial charge is 0.398 e. The summed E-state index contributed by atoms with van der Waals surface area (Å²) >= 11 is 0. The van der Waals surface area contributed by atoms with Crippen LogP contribution in [0.5, 0.6) is 0 Å². The molecule has 0 bridgehead atoms. The molecule has 78 valence electrons. The fourth-order valence-electron chi connectivity index (χ4n) is 1.63. The van der Waals surface area contributed by atoms with E-state index in [0.29, 0.717) is 10.9 Å². The molecule has 15 heavy (non-hydrogen) atoms. The Kier molecular flexibility index (Phi) is 1.96. The first-order chi connectivity index (χ1) is 7.02. The highest BCUT2D eigenvalue weighted by Gasteiger charge is 2.17. The Hall–Kier alpha value is -1.91. The topological polar surface area (TPSA) is 60.9 Å². The van der Waals surface area contributed by atoms with Crippen LogP contribution in [-0.2, 0) is 7.05 Å². The lowest BCUT2D eigenvalue weighted by molar-refractivity contribution is 0.101. The van der Waals surface area contributed by atoms with E-state index in [2.05, 4.69) is 5.10 Å². The maximum Gasteiger partial charge on any atom is 0.164 e. The van der Waals surface area contributed by atoms with E-state index in [4.69, 9.17) is 5.73 Å². The van der Waals surface area contributed by atoms with Crippen molar-refractivity contribution in [2.24, 2.45) is 7.05 Å². The van der Waals surface area contributed by atoms with Gasteiger partial charge in [0.15, 0.2) is 5.78 Å². The Morgan fingerprint density at radius 3 is 2.87 bits per heavy atom. The second-order valence-electron chi connectivity index (χ2n) is 3.41. The molecule has 0 spiro atoms. The molecule has 0 aliphatic heterocycles. The number of aromatic nitrogens is 2. The summed E-state index contributed by atoms with van der Waals surface area (Å²) in [5.74, 6) is -0.971. The molecule has 0 atom stereocenters. The van der Waals surface area contributed by atoms with Gasteiger partial charge in [-0.15, -0.1) is 0 Å². The first-order valence-electron chi connectivity index (χ1n) is 4.43. The Morgan fingerprint density at radius 1 is 1.60 bits per heavy atom. The molecule has 0 saturated heterocycles. The molecule has 1 heterocycles. The molecule has 0 fully saturated rings. The number of nitrogens with zero attached hydrogens (tertiary/aromatic N) is 2. The molecule has 4 nitrogen and oxygen atoms in total. The summed E-state index contributed by atoms with van der Waals surface area (Å²) in [5, 5.41) is 4.22. The number of anilines is 1.